The summed E-state index contributed by atoms with van der Waals surface area (Å²) in [7, 11) is 0. The molecule has 1 fully saturated rings. The minimum absolute atomic E-state index is 0.0491. The van der Waals surface area contributed by atoms with Gasteiger partial charge >= 0.3 is 0 Å². The molecule has 2 rings (SSSR count). The van der Waals surface area contributed by atoms with Gasteiger partial charge in [-0.05, 0) is 38.5 Å². The van der Waals surface area contributed by atoms with Gasteiger partial charge in [-0.2, -0.15) is 0 Å². The van der Waals surface area contributed by atoms with E-state index in [1.165, 1.54) is 5.56 Å². The summed E-state index contributed by atoms with van der Waals surface area (Å²) < 4.78 is 11.3. The average molecular weight is 278 g/mol. The summed E-state index contributed by atoms with van der Waals surface area (Å²) in [6.45, 7) is 10.5. The Balaban J connectivity index is 2.16. The second-order valence-corrected chi connectivity index (χ2v) is 5.51. The maximum absolute atomic E-state index is 5.99. The normalized spacial score (nSPS) is 21.7. The molecule has 4 nitrogen and oxygen atoms in total. The molecule has 0 amide bonds. The van der Waals surface area contributed by atoms with Gasteiger partial charge in [0.05, 0.1) is 19.3 Å². The van der Waals surface area contributed by atoms with Gasteiger partial charge in [-0.25, -0.2) is 0 Å². The lowest BCUT2D eigenvalue weighted by atomic mass is 10.0. The van der Waals surface area contributed by atoms with E-state index >= 15 is 0 Å². The number of nitrogens with two attached hydrogens (primary N) is 1. The molecule has 0 radical (unpaired) electrons. The summed E-state index contributed by atoms with van der Waals surface area (Å²) in [6.07, 6.45) is 0.302. The summed E-state index contributed by atoms with van der Waals surface area (Å²) >= 11 is 0. The third-order valence-electron chi connectivity index (χ3n) is 3.63. The van der Waals surface area contributed by atoms with Crippen LogP contribution in [0.5, 0.6) is 5.75 Å². The van der Waals surface area contributed by atoms with E-state index in [4.69, 9.17) is 15.2 Å². The summed E-state index contributed by atoms with van der Waals surface area (Å²) in [5.41, 5.74) is 8.36. The van der Waals surface area contributed by atoms with Crippen LogP contribution in [0.1, 0.15) is 37.9 Å². The third kappa shape index (κ3) is 3.95. The maximum atomic E-state index is 5.99. The molecule has 2 N–H and O–H groups in total. The first-order valence-corrected chi connectivity index (χ1v) is 7.45. The van der Waals surface area contributed by atoms with Gasteiger partial charge < -0.3 is 15.2 Å². The molecule has 0 aliphatic carbocycles. The fourth-order valence-electron chi connectivity index (χ4n) is 2.58. The summed E-state index contributed by atoms with van der Waals surface area (Å²) in [5, 5.41) is 0. The molecule has 20 heavy (non-hydrogen) atoms. The molecule has 1 saturated heterocycles. The van der Waals surface area contributed by atoms with Crippen molar-refractivity contribution in [2.24, 2.45) is 5.73 Å². The van der Waals surface area contributed by atoms with Crippen LogP contribution in [0.3, 0.4) is 0 Å². The minimum atomic E-state index is 0.0491. The fourth-order valence-corrected chi connectivity index (χ4v) is 2.58. The molecule has 1 aliphatic heterocycles. The molecule has 4 heteroatoms. The van der Waals surface area contributed by atoms with Gasteiger partial charge in [-0.3, -0.25) is 4.90 Å². The Labute approximate surface area is 121 Å². The molecule has 0 saturated carbocycles. The highest BCUT2D eigenvalue weighted by Gasteiger charge is 2.18. The van der Waals surface area contributed by atoms with E-state index in [0.29, 0.717) is 12.7 Å². The van der Waals surface area contributed by atoms with Crippen molar-refractivity contribution >= 4 is 0 Å². The van der Waals surface area contributed by atoms with Crippen LogP contribution in [0.25, 0.3) is 0 Å². The lowest BCUT2D eigenvalue weighted by Crippen LogP contribution is -2.40. The Morgan fingerprint density at radius 1 is 1.50 bits per heavy atom. The van der Waals surface area contributed by atoms with Crippen LogP contribution < -0.4 is 10.5 Å². The molecule has 2 atom stereocenters. The summed E-state index contributed by atoms with van der Waals surface area (Å²) in [6, 6.07) is 6.33. The van der Waals surface area contributed by atoms with Gasteiger partial charge in [-0.15, -0.1) is 0 Å². The first-order valence-electron chi connectivity index (χ1n) is 7.45. The van der Waals surface area contributed by atoms with Crippen LogP contribution in [0.2, 0.25) is 0 Å². The van der Waals surface area contributed by atoms with E-state index in [1.54, 1.807) is 0 Å². The molecule has 1 aromatic rings. The predicted molar refractivity (Wildman–Crippen MR) is 80.9 cm³/mol. The highest BCUT2D eigenvalue weighted by molar-refractivity contribution is 5.38. The van der Waals surface area contributed by atoms with Crippen LogP contribution in [-0.4, -0.2) is 37.3 Å². The Hall–Kier alpha value is -1.10. The third-order valence-corrected chi connectivity index (χ3v) is 3.63. The number of rotatable bonds is 5. The molecular formula is C16H26N2O2. The molecule has 0 spiro atoms. The Morgan fingerprint density at radius 2 is 2.30 bits per heavy atom. The van der Waals surface area contributed by atoms with Crippen molar-refractivity contribution in [3.8, 4) is 5.75 Å². The van der Waals surface area contributed by atoms with Gasteiger partial charge in [0.1, 0.15) is 5.75 Å². The van der Waals surface area contributed by atoms with Gasteiger partial charge in [-0.1, -0.05) is 6.07 Å². The Bertz CT molecular complexity index is 434. The molecule has 1 aromatic carbocycles. The Kier molecular flexibility index (Phi) is 5.40. The van der Waals surface area contributed by atoms with Crippen LogP contribution >= 0.6 is 0 Å². The number of hydrogen-bond acceptors (Lipinski definition) is 4. The van der Waals surface area contributed by atoms with Crippen LogP contribution in [0.15, 0.2) is 18.2 Å². The van der Waals surface area contributed by atoms with E-state index in [-0.39, 0.29) is 6.04 Å². The van der Waals surface area contributed by atoms with Crippen molar-refractivity contribution in [2.75, 3.05) is 26.3 Å². The molecule has 0 aromatic heterocycles. The zero-order chi connectivity index (χ0) is 14.5. The van der Waals surface area contributed by atoms with E-state index in [1.807, 2.05) is 19.9 Å². The second kappa shape index (κ2) is 7.07. The van der Waals surface area contributed by atoms with Crippen molar-refractivity contribution in [2.45, 2.75) is 39.5 Å². The first-order chi connectivity index (χ1) is 9.60. The van der Waals surface area contributed by atoms with Crippen molar-refractivity contribution < 1.29 is 9.47 Å². The van der Waals surface area contributed by atoms with Crippen molar-refractivity contribution in [1.29, 1.82) is 0 Å². The van der Waals surface area contributed by atoms with Crippen molar-refractivity contribution in [1.82, 2.24) is 4.90 Å². The van der Waals surface area contributed by atoms with Crippen LogP contribution in [0, 0.1) is 0 Å². The number of morpholine rings is 1. The topological polar surface area (TPSA) is 47.7 Å². The van der Waals surface area contributed by atoms with Gasteiger partial charge in [0.15, 0.2) is 0 Å². The molecule has 112 valence electrons. The Morgan fingerprint density at radius 3 is 2.95 bits per heavy atom. The van der Waals surface area contributed by atoms with Crippen LogP contribution in [0.4, 0.5) is 0 Å². The largest absolute Gasteiger partial charge is 0.494 e. The maximum Gasteiger partial charge on any atom is 0.123 e. The number of hydrogen-bond donors (Lipinski definition) is 1. The van der Waals surface area contributed by atoms with Gasteiger partial charge in [0.25, 0.3) is 0 Å². The van der Waals surface area contributed by atoms with Crippen molar-refractivity contribution in [3.05, 3.63) is 29.3 Å². The fraction of sp³-hybridized carbons (Fsp3) is 0.625. The van der Waals surface area contributed by atoms with E-state index in [9.17, 15) is 0 Å². The minimum Gasteiger partial charge on any atom is -0.494 e. The number of benzene rings is 1. The highest BCUT2D eigenvalue weighted by atomic mass is 16.5. The first kappa shape index (κ1) is 15.3. The zero-order valence-electron chi connectivity index (χ0n) is 12.8. The lowest BCUT2D eigenvalue weighted by Gasteiger charge is -2.31. The standard InChI is InChI=1S/C16H26N2O2/c1-4-19-16-6-5-14(13(3)17)9-15(16)11-18-7-8-20-12(2)10-18/h5-6,9,12-13H,4,7-8,10-11,17H2,1-3H3. The summed E-state index contributed by atoms with van der Waals surface area (Å²) in [4.78, 5) is 2.41. The van der Waals surface area contributed by atoms with Crippen LogP contribution in [-0.2, 0) is 11.3 Å². The second-order valence-electron chi connectivity index (χ2n) is 5.51. The molecule has 2 unspecified atom stereocenters. The van der Waals surface area contributed by atoms with Gasteiger partial charge in [0.2, 0.25) is 0 Å². The zero-order valence-corrected chi connectivity index (χ0v) is 12.8. The predicted octanol–water partition coefficient (Wildman–Crippen LogP) is 2.33. The van der Waals surface area contributed by atoms with E-state index < -0.39 is 0 Å². The molecule has 1 aliphatic rings. The highest BCUT2D eigenvalue weighted by Crippen LogP contribution is 2.25. The smallest absolute Gasteiger partial charge is 0.123 e. The van der Waals surface area contributed by atoms with Gasteiger partial charge in [0, 0.05) is 31.2 Å². The quantitative estimate of drug-likeness (QED) is 0.898. The SMILES string of the molecule is CCOc1ccc(C(C)N)cc1CN1CCOC(C)C1. The number of nitrogens with zero attached hydrogens (tertiary/aromatic N) is 1. The number of ether oxygens (including phenoxy) is 2. The molecule has 1 heterocycles. The average Bonchev–Trinajstić information content (AvgIpc) is 2.41. The monoisotopic (exact) mass is 278 g/mol. The summed E-state index contributed by atoms with van der Waals surface area (Å²) in [5.74, 6) is 0.969. The van der Waals surface area contributed by atoms with Crippen molar-refractivity contribution in [3.63, 3.8) is 0 Å². The molecular weight excluding hydrogens is 252 g/mol. The molecule has 0 bridgehead atoms. The van der Waals surface area contributed by atoms with E-state index in [0.717, 1.165) is 37.6 Å². The lowest BCUT2D eigenvalue weighted by molar-refractivity contribution is -0.0214. The van der Waals surface area contributed by atoms with E-state index in [2.05, 4.69) is 24.0 Å².